The van der Waals surface area contributed by atoms with Crippen LogP contribution < -0.4 is 5.32 Å². The number of amides is 2. The van der Waals surface area contributed by atoms with E-state index in [0.29, 0.717) is 17.8 Å². The quantitative estimate of drug-likeness (QED) is 0.845. The van der Waals surface area contributed by atoms with Gasteiger partial charge < -0.3 is 15.3 Å². The minimum absolute atomic E-state index is 0.00527. The second-order valence-corrected chi connectivity index (χ2v) is 6.41. The average molecular weight is 340 g/mol. The van der Waals surface area contributed by atoms with E-state index in [-0.39, 0.29) is 17.6 Å². The van der Waals surface area contributed by atoms with E-state index in [0.717, 1.165) is 11.1 Å². The van der Waals surface area contributed by atoms with Gasteiger partial charge in [0.1, 0.15) is 0 Å². The van der Waals surface area contributed by atoms with E-state index in [9.17, 15) is 14.7 Å². The lowest BCUT2D eigenvalue weighted by Gasteiger charge is -2.27. The predicted octanol–water partition coefficient (Wildman–Crippen LogP) is 4.44. The van der Waals surface area contributed by atoms with E-state index in [1.807, 2.05) is 51.1 Å². The molecule has 0 aliphatic rings. The van der Waals surface area contributed by atoms with Gasteiger partial charge in [-0.1, -0.05) is 30.3 Å². The molecule has 2 rings (SSSR count). The van der Waals surface area contributed by atoms with Crippen LogP contribution in [0.3, 0.4) is 0 Å². The Hall–Kier alpha value is -2.82. The molecule has 0 aromatic heterocycles. The Morgan fingerprint density at radius 2 is 1.76 bits per heavy atom. The number of hydrogen-bond acceptors (Lipinski definition) is 2. The molecule has 132 valence electrons. The third-order valence-corrected chi connectivity index (χ3v) is 4.23. The van der Waals surface area contributed by atoms with Crippen LogP contribution in [-0.4, -0.2) is 28.0 Å². The van der Waals surface area contributed by atoms with Crippen molar-refractivity contribution >= 4 is 17.7 Å². The maximum atomic E-state index is 12.7. The third kappa shape index (κ3) is 4.59. The lowest BCUT2D eigenvalue weighted by atomic mass is 10.0. The summed E-state index contributed by atoms with van der Waals surface area (Å²) in [5.41, 5.74) is 3.26. The van der Waals surface area contributed by atoms with Gasteiger partial charge in [-0.25, -0.2) is 9.59 Å². The number of nitrogens with one attached hydrogen (secondary N) is 1. The van der Waals surface area contributed by atoms with Crippen molar-refractivity contribution in [2.24, 2.45) is 0 Å². The summed E-state index contributed by atoms with van der Waals surface area (Å²) in [5.74, 6) is -0.998. The van der Waals surface area contributed by atoms with Gasteiger partial charge in [-0.05, 0) is 56.5 Å². The normalized spacial score (nSPS) is 10.6. The summed E-state index contributed by atoms with van der Waals surface area (Å²) >= 11 is 0. The van der Waals surface area contributed by atoms with Crippen LogP contribution in [-0.2, 0) is 6.54 Å². The van der Waals surface area contributed by atoms with Crippen molar-refractivity contribution in [2.45, 2.75) is 40.3 Å². The van der Waals surface area contributed by atoms with Gasteiger partial charge in [0.05, 0.1) is 5.56 Å². The summed E-state index contributed by atoms with van der Waals surface area (Å²) in [6.07, 6.45) is 0. The fraction of sp³-hybridized carbons (Fsp3) is 0.300. The van der Waals surface area contributed by atoms with Gasteiger partial charge in [0.15, 0.2) is 0 Å². The zero-order valence-corrected chi connectivity index (χ0v) is 15.0. The van der Waals surface area contributed by atoms with Gasteiger partial charge in [0.2, 0.25) is 0 Å². The average Bonchev–Trinajstić information content (AvgIpc) is 2.56. The zero-order chi connectivity index (χ0) is 18.6. The lowest BCUT2D eigenvalue weighted by Crippen LogP contribution is -2.39. The van der Waals surface area contributed by atoms with Crippen LogP contribution >= 0.6 is 0 Å². The molecule has 0 saturated heterocycles. The summed E-state index contributed by atoms with van der Waals surface area (Å²) in [7, 11) is 0. The largest absolute Gasteiger partial charge is 0.478 e. The Morgan fingerprint density at radius 1 is 1.12 bits per heavy atom. The standard InChI is InChI=1S/C20H24N2O3/c1-13(2)22(12-16-8-6-5-7-9-16)20(25)21-17-10-14(3)15(4)18(11-17)19(23)24/h5-11,13H,12H2,1-4H3,(H,21,25)(H,23,24). The summed E-state index contributed by atoms with van der Waals surface area (Å²) < 4.78 is 0. The number of benzene rings is 2. The van der Waals surface area contributed by atoms with Crippen molar-refractivity contribution in [1.82, 2.24) is 4.90 Å². The fourth-order valence-electron chi connectivity index (χ4n) is 2.62. The van der Waals surface area contributed by atoms with Crippen LogP contribution in [0.25, 0.3) is 0 Å². The molecule has 2 aromatic rings. The van der Waals surface area contributed by atoms with Gasteiger partial charge in [-0.2, -0.15) is 0 Å². The number of hydrogen-bond donors (Lipinski definition) is 2. The maximum Gasteiger partial charge on any atom is 0.336 e. The number of carboxylic acid groups (broad SMARTS) is 1. The van der Waals surface area contributed by atoms with E-state index in [2.05, 4.69) is 5.32 Å². The number of aromatic carboxylic acids is 1. The summed E-state index contributed by atoms with van der Waals surface area (Å²) in [6, 6.07) is 12.8. The van der Waals surface area contributed by atoms with E-state index < -0.39 is 5.97 Å². The molecule has 0 bridgehead atoms. The monoisotopic (exact) mass is 340 g/mol. The number of aryl methyl sites for hydroxylation is 1. The van der Waals surface area contributed by atoms with Gasteiger partial charge in [0.25, 0.3) is 0 Å². The number of rotatable bonds is 5. The van der Waals surface area contributed by atoms with Gasteiger partial charge in [-0.3, -0.25) is 0 Å². The summed E-state index contributed by atoms with van der Waals surface area (Å²) in [5, 5.41) is 12.1. The van der Waals surface area contributed by atoms with Crippen molar-refractivity contribution in [3.8, 4) is 0 Å². The van der Waals surface area contributed by atoms with E-state index in [4.69, 9.17) is 0 Å². The molecule has 0 aliphatic heterocycles. The molecule has 0 radical (unpaired) electrons. The predicted molar refractivity (Wildman–Crippen MR) is 99.0 cm³/mol. The first-order chi connectivity index (χ1) is 11.8. The molecule has 0 saturated carbocycles. The van der Waals surface area contributed by atoms with Crippen LogP contribution in [0.4, 0.5) is 10.5 Å². The molecule has 0 unspecified atom stereocenters. The minimum Gasteiger partial charge on any atom is -0.478 e. The number of nitrogens with zero attached hydrogens (tertiary/aromatic N) is 1. The number of carboxylic acids is 1. The van der Waals surface area contributed by atoms with Gasteiger partial charge in [-0.15, -0.1) is 0 Å². The Labute approximate surface area is 148 Å². The Kier molecular flexibility index (Phi) is 5.80. The molecule has 0 spiro atoms. The highest BCUT2D eigenvalue weighted by molar-refractivity contribution is 5.94. The number of carbonyl (C=O) groups excluding carboxylic acids is 1. The number of urea groups is 1. The summed E-state index contributed by atoms with van der Waals surface area (Å²) in [6.45, 7) is 7.99. The van der Waals surface area contributed by atoms with Gasteiger partial charge in [0, 0.05) is 18.3 Å². The smallest absolute Gasteiger partial charge is 0.336 e. The number of carbonyl (C=O) groups is 2. The van der Waals surface area contributed by atoms with Crippen molar-refractivity contribution in [3.63, 3.8) is 0 Å². The molecule has 0 fully saturated rings. The second kappa shape index (κ2) is 7.83. The molecular formula is C20H24N2O3. The molecule has 0 atom stereocenters. The number of anilines is 1. The highest BCUT2D eigenvalue weighted by atomic mass is 16.4. The SMILES string of the molecule is Cc1cc(NC(=O)N(Cc2ccccc2)C(C)C)cc(C(=O)O)c1C. The molecular weight excluding hydrogens is 316 g/mol. The van der Waals surface area contributed by atoms with Crippen molar-refractivity contribution in [1.29, 1.82) is 0 Å². The van der Waals surface area contributed by atoms with Crippen LogP contribution in [0.1, 0.15) is 40.9 Å². The van der Waals surface area contributed by atoms with Crippen molar-refractivity contribution in [2.75, 3.05) is 5.32 Å². The Morgan fingerprint density at radius 3 is 2.32 bits per heavy atom. The highest BCUT2D eigenvalue weighted by Crippen LogP contribution is 2.21. The third-order valence-electron chi connectivity index (χ3n) is 4.23. The highest BCUT2D eigenvalue weighted by Gasteiger charge is 2.19. The van der Waals surface area contributed by atoms with E-state index in [1.54, 1.807) is 17.9 Å². The zero-order valence-electron chi connectivity index (χ0n) is 15.0. The fourth-order valence-corrected chi connectivity index (χ4v) is 2.62. The van der Waals surface area contributed by atoms with Crippen LogP contribution in [0.5, 0.6) is 0 Å². The first kappa shape index (κ1) is 18.5. The van der Waals surface area contributed by atoms with Gasteiger partial charge >= 0.3 is 12.0 Å². The molecule has 5 nitrogen and oxygen atoms in total. The topological polar surface area (TPSA) is 69.6 Å². The first-order valence-electron chi connectivity index (χ1n) is 8.25. The molecule has 0 heterocycles. The first-order valence-corrected chi connectivity index (χ1v) is 8.25. The minimum atomic E-state index is -0.998. The Balaban J connectivity index is 2.22. The van der Waals surface area contributed by atoms with Crippen LogP contribution in [0.15, 0.2) is 42.5 Å². The van der Waals surface area contributed by atoms with Crippen molar-refractivity contribution < 1.29 is 14.7 Å². The lowest BCUT2D eigenvalue weighted by molar-refractivity contribution is 0.0696. The van der Waals surface area contributed by atoms with Crippen LogP contribution in [0.2, 0.25) is 0 Å². The molecule has 2 aromatic carbocycles. The molecule has 2 N–H and O–H groups in total. The molecule has 2 amide bonds. The van der Waals surface area contributed by atoms with Crippen LogP contribution in [0, 0.1) is 13.8 Å². The van der Waals surface area contributed by atoms with Crippen molar-refractivity contribution in [3.05, 3.63) is 64.7 Å². The van der Waals surface area contributed by atoms with E-state index >= 15 is 0 Å². The second-order valence-electron chi connectivity index (χ2n) is 6.41. The maximum absolute atomic E-state index is 12.7. The Bertz CT molecular complexity index is 770. The van der Waals surface area contributed by atoms with E-state index in [1.165, 1.54) is 6.07 Å². The molecule has 5 heteroatoms. The molecule has 25 heavy (non-hydrogen) atoms. The molecule has 0 aliphatic carbocycles. The summed E-state index contributed by atoms with van der Waals surface area (Å²) in [4.78, 5) is 25.8.